The SMILES string of the molecule is CCOC(=O)[C@H](N)[C@@H](O)c1ncccc1C. The number of aryl methyl sites for hydroxylation is 1. The number of esters is 1. The van der Waals surface area contributed by atoms with Crippen LogP contribution in [0.3, 0.4) is 0 Å². The van der Waals surface area contributed by atoms with E-state index in [0.29, 0.717) is 5.69 Å². The van der Waals surface area contributed by atoms with Crippen molar-refractivity contribution in [3.63, 3.8) is 0 Å². The summed E-state index contributed by atoms with van der Waals surface area (Å²) in [5, 5.41) is 9.88. The Morgan fingerprint density at radius 3 is 2.94 bits per heavy atom. The molecule has 0 aliphatic carbocycles. The predicted molar refractivity (Wildman–Crippen MR) is 58.5 cm³/mol. The number of carbonyl (C=O) groups excluding carboxylic acids is 1. The van der Waals surface area contributed by atoms with E-state index in [1.165, 1.54) is 0 Å². The van der Waals surface area contributed by atoms with Gasteiger partial charge in [0.05, 0.1) is 12.3 Å². The van der Waals surface area contributed by atoms with Gasteiger partial charge in [0.2, 0.25) is 0 Å². The molecule has 16 heavy (non-hydrogen) atoms. The second-order valence-electron chi connectivity index (χ2n) is 3.43. The minimum Gasteiger partial charge on any atom is -0.465 e. The lowest BCUT2D eigenvalue weighted by Gasteiger charge is -2.18. The summed E-state index contributed by atoms with van der Waals surface area (Å²) in [4.78, 5) is 15.3. The minimum atomic E-state index is -1.14. The van der Waals surface area contributed by atoms with Gasteiger partial charge in [-0.3, -0.25) is 9.78 Å². The van der Waals surface area contributed by atoms with Crippen molar-refractivity contribution < 1.29 is 14.6 Å². The smallest absolute Gasteiger partial charge is 0.326 e. The largest absolute Gasteiger partial charge is 0.465 e. The van der Waals surface area contributed by atoms with Crippen LogP contribution in [0.4, 0.5) is 0 Å². The third-order valence-corrected chi connectivity index (χ3v) is 2.23. The Morgan fingerprint density at radius 1 is 1.69 bits per heavy atom. The Balaban J connectivity index is 2.82. The highest BCUT2D eigenvalue weighted by molar-refractivity contribution is 5.76. The summed E-state index contributed by atoms with van der Waals surface area (Å²) in [5.41, 5.74) is 6.78. The maximum atomic E-state index is 11.3. The van der Waals surface area contributed by atoms with Gasteiger partial charge >= 0.3 is 5.97 Å². The fraction of sp³-hybridized carbons (Fsp3) is 0.455. The predicted octanol–water partition coefficient (Wildman–Crippen LogP) is 0.314. The molecule has 0 fully saturated rings. The zero-order valence-corrected chi connectivity index (χ0v) is 9.38. The first kappa shape index (κ1) is 12.6. The number of aliphatic hydroxyl groups excluding tert-OH is 1. The molecule has 0 unspecified atom stereocenters. The van der Waals surface area contributed by atoms with Crippen LogP contribution >= 0.6 is 0 Å². The van der Waals surface area contributed by atoms with Crippen molar-refractivity contribution in [1.82, 2.24) is 4.98 Å². The van der Waals surface area contributed by atoms with Gasteiger partial charge in [-0.05, 0) is 25.5 Å². The normalized spacial score (nSPS) is 14.2. The van der Waals surface area contributed by atoms with Crippen LogP contribution in [0.2, 0.25) is 0 Å². The first-order chi connectivity index (χ1) is 7.57. The van der Waals surface area contributed by atoms with Crippen LogP contribution in [0.15, 0.2) is 18.3 Å². The molecule has 1 rings (SSSR count). The van der Waals surface area contributed by atoms with Crippen LogP contribution in [0.1, 0.15) is 24.3 Å². The van der Waals surface area contributed by atoms with Crippen molar-refractivity contribution >= 4 is 5.97 Å². The maximum Gasteiger partial charge on any atom is 0.326 e. The van der Waals surface area contributed by atoms with Crippen molar-refractivity contribution in [3.05, 3.63) is 29.6 Å². The molecule has 0 amide bonds. The van der Waals surface area contributed by atoms with Crippen LogP contribution < -0.4 is 5.73 Å². The van der Waals surface area contributed by atoms with Crippen molar-refractivity contribution in [3.8, 4) is 0 Å². The van der Waals surface area contributed by atoms with E-state index in [-0.39, 0.29) is 6.61 Å². The van der Waals surface area contributed by atoms with Crippen molar-refractivity contribution in [2.24, 2.45) is 5.73 Å². The number of rotatable bonds is 4. The summed E-state index contributed by atoms with van der Waals surface area (Å²) < 4.78 is 4.73. The molecule has 0 radical (unpaired) electrons. The molecule has 0 bridgehead atoms. The molecule has 5 nitrogen and oxygen atoms in total. The molecular formula is C11H16N2O3. The van der Waals surface area contributed by atoms with E-state index in [2.05, 4.69) is 4.98 Å². The molecule has 0 aliphatic heterocycles. The Morgan fingerprint density at radius 2 is 2.38 bits per heavy atom. The number of nitrogens with two attached hydrogens (primary N) is 1. The van der Waals surface area contributed by atoms with Gasteiger partial charge in [0, 0.05) is 6.20 Å². The molecule has 5 heteroatoms. The Hall–Kier alpha value is -1.46. The number of aliphatic hydroxyl groups is 1. The standard InChI is InChI=1S/C11H16N2O3/c1-3-16-11(15)8(12)10(14)9-7(2)5-4-6-13-9/h4-6,8,10,14H,3,12H2,1-2H3/t8-,10-/m1/s1. The fourth-order valence-electron chi connectivity index (χ4n) is 1.34. The molecule has 1 aromatic heterocycles. The number of hydrogen-bond donors (Lipinski definition) is 2. The number of hydrogen-bond acceptors (Lipinski definition) is 5. The second-order valence-corrected chi connectivity index (χ2v) is 3.43. The van der Waals surface area contributed by atoms with E-state index < -0.39 is 18.1 Å². The highest BCUT2D eigenvalue weighted by atomic mass is 16.5. The zero-order chi connectivity index (χ0) is 12.1. The maximum absolute atomic E-state index is 11.3. The highest BCUT2D eigenvalue weighted by Crippen LogP contribution is 2.17. The third-order valence-electron chi connectivity index (χ3n) is 2.23. The highest BCUT2D eigenvalue weighted by Gasteiger charge is 2.27. The molecule has 2 atom stereocenters. The van der Waals surface area contributed by atoms with E-state index in [0.717, 1.165) is 5.56 Å². The van der Waals surface area contributed by atoms with E-state index in [1.54, 1.807) is 32.2 Å². The molecule has 1 heterocycles. The Labute approximate surface area is 94.2 Å². The average molecular weight is 224 g/mol. The number of carbonyl (C=O) groups is 1. The third kappa shape index (κ3) is 2.77. The molecule has 0 spiro atoms. The molecule has 88 valence electrons. The summed E-state index contributed by atoms with van der Waals surface area (Å²) >= 11 is 0. The number of nitrogens with zero attached hydrogens (tertiary/aromatic N) is 1. The van der Waals surface area contributed by atoms with Gasteiger partial charge < -0.3 is 15.6 Å². The van der Waals surface area contributed by atoms with Crippen molar-refractivity contribution in [1.29, 1.82) is 0 Å². The summed E-state index contributed by atoms with van der Waals surface area (Å²) in [6, 6.07) is 2.44. The van der Waals surface area contributed by atoms with Gasteiger partial charge in [-0.15, -0.1) is 0 Å². The van der Waals surface area contributed by atoms with Crippen molar-refractivity contribution in [2.75, 3.05) is 6.61 Å². The van der Waals surface area contributed by atoms with Crippen molar-refractivity contribution in [2.45, 2.75) is 26.0 Å². The van der Waals surface area contributed by atoms with Gasteiger partial charge in [-0.1, -0.05) is 6.07 Å². The van der Waals surface area contributed by atoms with Gasteiger partial charge in [-0.25, -0.2) is 0 Å². The molecule has 1 aromatic rings. The summed E-state index contributed by atoms with van der Waals surface area (Å²) in [7, 11) is 0. The molecule has 3 N–H and O–H groups in total. The average Bonchev–Trinajstić information content (AvgIpc) is 2.28. The fourth-order valence-corrected chi connectivity index (χ4v) is 1.34. The van der Waals surface area contributed by atoms with Crippen LogP contribution in [0, 0.1) is 6.92 Å². The number of ether oxygens (including phenoxy) is 1. The summed E-state index contributed by atoms with van der Waals surface area (Å²) in [6.45, 7) is 3.72. The second kappa shape index (κ2) is 5.58. The zero-order valence-electron chi connectivity index (χ0n) is 9.38. The summed E-state index contributed by atoms with van der Waals surface area (Å²) in [5.74, 6) is -0.625. The van der Waals surface area contributed by atoms with E-state index in [9.17, 15) is 9.90 Å². The van der Waals surface area contributed by atoms with Crippen LogP contribution in [0.5, 0.6) is 0 Å². The number of aromatic nitrogens is 1. The van der Waals surface area contributed by atoms with Gasteiger partial charge in [0.15, 0.2) is 0 Å². The van der Waals surface area contributed by atoms with Gasteiger partial charge in [0.1, 0.15) is 12.1 Å². The van der Waals surface area contributed by atoms with E-state index in [1.807, 2.05) is 0 Å². The topological polar surface area (TPSA) is 85.4 Å². The number of pyridine rings is 1. The quantitative estimate of drug-likeness (QED) is 0.719. The first-order valence-electron chi connectivity index (χ1n) is 5.09. The monoisotopic (exact) mass is 224 g/mol. The lowest BCUT2D eigenvalue weighted by Crippen LogP contribution is -2.38. The minimum absolute atomic E-state index is 0.237. The summed E-state index contributed by atoms with van der Waals surface area (Å²) in [6.07, 6.45) is 0.406. The van der Waals surface area contributed by atoms with Crippen LogP contribution in [-0.2, 0) is 9.53 Å². The van der Waals surface area contributed by atoms with E-state index >= 15 is 0 Å². The van der Waals surface area contributed by atoms with Crippen LogP contribution in [-0.4, -0.2) is 28.7 Å². The van der Waals surface area contributed by atoms with Crippen LogP contribution in [0.25, 0.3) is 0 Å². The first-order valence-corrected chi connectivity index (χ1v) is 5.09. The molecule has 0 saturated heterocycles. The molecular weight excluding hydrogens is 208 g/mol. The molecule has 0 saturated carbocycles. The van der Waals surface area contributed by atoms with Gasteiger partial charge in [-0.2, -0.15) is 0 Å². The Bertz CT molecular complexity index is 368. The van der Waals surface area contributed by atoms with E-state index in [4.69, 9.17) is 10.5 Å². The lowest BCUT2D eigenvalue weighted by molar-refractivity contribution is -0.147. The lowest BCUT2D eigenvalue weighted by atomic mass is 10.0. The molecule has 0 aromatic carbocycles. The molecule has 0 aliphatic rings. The Kier molecular flexibility index (Phi) is 4.39. The van der Waals surface area contributed by atoms with Gasteiger partial charge in [0.25, 0.3) is 0 Å².